The van der Waals surface area contributed by atoms with Gasteiger partial charge in [-0.1, -0.05) is 28.3 Å². The number of halogens is 3. The van der Waals surface area contributed by atoms with Crippen LogP contribution in [-0.4, -0.2) is 18.1 Å². The second kappa shape index (κ2) is 5.50. The van der Waals surface area contributed by atoms with Crippen molar-refractivity contribution in [3.8, 4) is 0 Å². The molecule has 0 atom stereocenters. The summed E-state index contributed by atoms with van der Waals surface area (Å²) in [7, 11) is 1.15. The topological polar surface area (TPSA) is 88.0 Å². The smallest absolute Gasteiger partial charge is 0.339 e. The zero-order valence-electron chi connectivity index (χ0n) is 9.89. The number of esters is 1. The first-order chi connectivity index (χ1) is 9.51. The predicted molar refractivity (Wildman–Crippen MR) is 71.9 cm³/mol. The molecule has 9 heteroatoms. The highest BCUT2D eigenvalue weighted by Gasteiger charge is 2.20. The molecule has 1 aromatic carbocycles. The molecule has 0 aliphatic rings. The van der Waals surface area contributed by atoms with Crippen LogP contribution in [0.3, 0.4) is 0 Å². The van der Waals surface area contributed by atoms with E-state index in [-0.39, 0.29) is 32.2 Å². The van der Waals surface area contributed by atoms with Gasteiger partial charge in [-0.15, -0.1) is 0 Å². The molecule has 0 fully saturated rings. The average Bonchev–Trinajstić information content (AvgIpc) is 2.44. The van der Waals surface area contributed by atoms with Crippen LogP contribution >= 0.6 is 23.2 Å². The van der Waals surface area contributed by atoms with Crippen LogP contribution in [0.2, 0.25) is 10.0 Å². The monoisotopic (exact) mass is 314 g/mol. The van der Waals surface area contributed by atoms with E-state index in [1.54, 1.807) is 0 Å². The van der Waals surface area contributed by atoms with E-state index in [0.717, 1.165) is 13.3 Å². The number of fused-ring (bicyclic) bond motifs is 1. The molecule has 0 unspecified atom stereocenters. The molecule has 6 nitrogen and oxygen atoms in total. The van der Waals surface area contributed by atoms with Gasteiger partial charge in [0.15, 0.2) is 5.82 Å². The largest absolute Gasteiger partial charge is 0.465 e. The predicted octanol–water partition coefficient (Wildman–Crippen LogP) is 4.41. The molecule has 0 saturated heterocycles. The lowest BCUT2D eigenvalue weighted by atomic mass is 10.1. The number of carbonyl (C=O) groups is 1. The number of hydrogen-bond donors (Lipinski definition) is 0. The minimum absolute atomic E-state index is 0.00531. The molecule has 0 bridgehead atoms. The Morgan fingerprint density at radius 3 is 2.85 bits per heavy atom. The molecule has 0 aliphatic heterocycles. The molecule has 1 heterocycles. The fraction of sp³-hybridized carbons (Fsp3) is 0.0909. The first-order valence-electron chi connectivity index (χ1n) is 5.10. The van der Waals surface area contributed by atoms with Crippen LogP contribution in [0.15, 0.2) is 17.4 Å². The highest BCUT2D eigenvalue weighted by atomic mass is 35.5. The molecule has 102 valence electrons. The van der Waals surface area contributed by atoms with Crippen molar-refractivity contribution in [3.05, 3.63) is 44.1 Å². The van der Waals surface area contributed by atoms with E-state index in [4.69, 9.17) is 28.7 Å². The Hall–Kier alpha value is -2.08. The molecular weight excluding hydrogens is 310 g/mol. The van der Waals surface area contributed by atoms with Gasteiger partial charge in [-0.05, 0) is 11.6 Å². The van der Waals surface area contributed by atoms with Crippen molar-refractivity contribution < 1.29 is 13.9 Å². The van der Waals surface area contributed by atoms with Gasteiger partial charge < -0.3 is 4.74 Å². The van der Waals surface area contributed by atoms with Gasteiger partial charge in [0.2, 0.25) is 0 Å². The van der Waals surface area contributed by atoms with Crippen molar-refractivity contribution in [2.24, 2.45) is 5.11 Å². The molecule has 0 spiro atoms. The third kappa shape index (κ3) is 2.22. The number of benzene rings is 1. The molecule has 0 saturated carbocycles. The number of azide groups is 1. The van der Waals surface area contributed by atoms with Crippen LogP contribution in [-0.2, 0) is 4.74 Å². The van der Waals surface area contributed by atoms with E-state index in [9.17, 15) is 9.18 Å². The van der Waals surface area contributed by atoms with Crippen molar-refractivity contribution >= 4 is 45.8 Å². The zero-order valence-corrected chi connectivity index (χ0v) is 11.4. The molecule has 1 aromatic heterocycles. The lowest BCUT2D eigenvalue weighted by molar-refractivity contribution is 0.0601. The van der Waals surface area contributed by atoms with Crippen molar-refractivity contribution in [2.45, 2.75) is 0 Å². The zero-order chi connectivity index (χ0) is 14.9. The van der Waals surface area contributed by atoms with Gasteiger partial charge in [-0.2, -0.15) is 0 Å². The van der Waals surface area contributed by atoms with Crippen LogP contribution in [0.4, 0.5) is 10.1 Å². The Labute approximate surface area is 121 Å². The van der Waals surface area contributed by atoms with E-state index in [0.29, 0.717) is 0 Å². The van der Waals surface area contributed by atoms with E-state index >= 15 is 0 Å². The minimum atomic E-state index is -0.890. The molecule has 2 rings (SSSR count). The van der Waals surface area contributed by atoms with E-state index in [2.05, 4.69) is 19.7 Å². The number of methoxy groups -OCH3 is 1. The first-order valence-corrected chi connectivity index (χ1v) is 5.86. The lowest BCUT2D eigenvalue weighted by Gasteiger charge is -2.09. The van der Waals surface area contributed by atoms with Crippen molar-refractivity contribution in [2.75, 3.05) is 7.11 Å². The molecule has 0 amide bonds. The fourth-order valence-electron chi connectivity index (χ4n) is 1.65. The number of carbonyl (C=O) groups excluding carboxylic acids is 1. The number of aromatic nitrogens is 1. The lowest BCUT2D eigenvalue weighted by Crippen LogP contribution is -2.03. The molecular formula is C11H5Cl2FN4O2. The summed E-state index contributed by atoms with van der Waals surface area (Å²) < 4.78 is 18.3. The maximum Gasteiger partial charge on any atom is 0.339 e. The van der Waals surface area contributed by atoms with Gasteiger partial charge >= 0.3 is 5.97 Å². The summed E-state index contributed by atoms with van der Waals surface area (Å²) in [6.45, 7) is 0. The number of rotatable bonds is 2. The summed E-state index contributed by atoms with van der Waals surface area (Å²) in [5.74, 6) is -1.67. The second-order valence-electron chi connectivity index (χ2n) is 3.58. The van der Waals surface area contributed by atoms with E-state index in [1.165, 1.54) is 6.07 Å². The van der Waals surface area contributed by atoms with Gasteiger partial charge in [0.1, 0.15) is 0 Å². The van der Waals surface area contributed by atoms with Crippen LogP contribution in [0.5, 0.6) is 0 Å². The number of pyridine rings is 1. The van der Waals surface area contributed by atoms with Crippen LogP contribution in [0.25, 0.3) is 21.3 Å². The van der Waals surface area contributed by atoms with Crippen molar-refractivity contribution in [1.82, 2.24) is 4.98 Å². The summed E-state index contributed by atoms with van der Waals surface area (Å²) in [5.41, 5.74) is 8.50. The second-order valence-corrected chi connectivity index (χ2v) is 4.37. The van der Waals surface area contributed by atoms with Gasteiger partial charge in [-0.25, -0.2) is 9.18 Å². The average molecular weight is 315 g/mol. The Balaban J connectivity index is 2.98. The fourth-order valence-corrected chi connectivity index (χ4v) is 2.18. The maximum atomic E-state index is 13.8. The molecule has 0 N–H and O–H groups in total. The van der Waals surface area contributed by atoms with Crippen molar-refractivity contribution in [3.63, 3.8) is 0 Å². The summed E-state index contributed by atoms with van der Waals surface area (Å²) in [5, 5.41) is 2.77. The quantitative estimate of drug-likeness (QED) is 0.270. The SMILES string of the molecule is COC(=O)c1cnc2cc(Cl)c(F)c(Cl)c2c1N=[N+]=[N-]. The summed E-state index contributed by atoms with van der Waals surface area (Å²) >= 11 is 11.5. The standard InChI is InChI=1S/C11H5Cl2FN4O2/c1-20-11(19)4-3-16-6-2-5(12)9(14)8(13)7(6)10(4)17-18-15/h2-3H,1H3. The Kier molecular flexibility index (Phi) is 3.94. The summed E-state index contributed by atoms with van der Waals surface area (Å²) in [6.07, 6.45) is 1.14. The van der Waals surface area contributed by atoms with E-state index < -0.39 is 11.8 Å². The molecule has 0 aliphatic carbocycles. The summed E-state index contributed by atoms with van der Waals surface area (Å²) in [6, 6.07) is 1.22. The maximum absolute atomic E-state index is 13.8. The highest BCUT2D eigenvalue weighted by molar-refractivity contribution is 6.39. The molecule has 0 radical (unpaired) electrons. The Morgan fingerprint density at radius 2 is 2.25 bits per heavy atom. The minimum Gasteiger partial charge on any atom is -0.465 e. The van der Waals surface area contributed by atoms with Crippen LogP contribution in [0, 0.1) is 5.82 Å². The van der Waals surface area contributed by atoms with Gasteiger partial charge in [0, 0.05) is 16.5 Å². The van der Waals surface area contributed by atoms with E-state index in [1.807, 2.05) is 0 Å². The third-order valence-electron chi connectivity index (χ3n) is 2.52. The van der Waals surface area contributed by atoms with Crippen LogP contribution < -0.4 is 0 Å². The van der Waals surface area contributed by atoms with Crippen molar-refractivity contribution in [1.29, 1.82) is 0 Å². The Morgan fingerprint density at radius 1 is 1.55 bits per heavy atom. The highest BCUT2D eigenvalue weighted by Crippen LogP contribution is 2.38. The first kappa shape index (κ1) is 14.3. The van der Waals surface area contributed by atoms with Gasteiger partial charge in [-0.3, -0.25) is 4.98 Å². The van der Waals surface area contributed by atoms with Gasteiger partial charge in [0.05, 0.1) is 33.9 Å². The summed E-state index contributed by atoms with van der Waals surface area (Å²) in [4.78, 5) is 18.1. The van der Waals surface area contributed by atoms with Crippen LogP contribution in [0.1, 0.15) is 10.4 Å². The van der Waals surface area contributed by atoms with Gasteiger partial charge in [0.25, 0.3) is 0 Å². The number of hydrogen-bond acceptors (Lipinski definition) is 4. The Bertz CT molecular complexity index is 775. The molecule has 2 aromatic rings. The number of ether oxygens (including phenoxy) is 1. The molecule has 20 heavy (non-hydrogen) atoms. The normalized spacial score (nSPS) is 10.2. The number of nitrogens with zero attached hydrogens (tertiary/aromatic N) is 4. The third-order valence-corrected chi connectivity index (χ3v) is 3.15.